The highest BCUT2D eigenvalue weighted by Gasteiger charge is 2.48. The van der Waals surface area contributed by atoms with Crippen LogP contribution in [0.4, 0.5) is 5.69 Å². The zero-order valence-corrected chi connectivity index (χ0v) is 12.6. The predicted octanol–water partition coefficient (Wildman–Crippen LogP) is 2.10. The predicted molar refractivity (Wildman–Crippen MR) is 78.2 cm³/mol. The summed E-state index contributed by atoms with van der Waals surface area (Å²) in [5.74, 6) is 0.348. The summed E-state index contributed by atoms with van der Waals surface area (Å²) in [5, 5.41) is 8.46. The number of thioether (sulfide) groups is 1. The van der Waals surface area contributed by atoms with Gasteiger partial charge < -0.3 is 4.90 Å². The molecule has 18 heavy (non-hydrogen) atoms. The van der Waals surface area contributed by atoms with Crippen LogP contribution >= 0.6 is 27.7 Å². The number of benzene rings is 1. The van der Waals surface area contributed by atoms with E-state index in [0.29, 0.717) is 5.17 Å². The Kier molecular flexibility index (Phi) is 2.95. The molecule has 0 bridgehead atoms. The lowest BCUT2D eigenvalue weighted by Gasteiger charge is -2.23. The first-order valence-electron chi connectivity index (χ1n) is 5.47. The fraction of sp³-hybridized carbons (Fsp3) is 0.364. The van der Waals surface area contributed by atoms with Crippen molar-refractivity contribution in [3.05, 3.63) is 28.7 Å². The molecule has 0 unspecified atom stereocenters. The minimum absolute atomic E-state index is 0.00569. The van der Waals surface area contributed by atoms with Crippen molar-refractivity contribution in [3.8, 4) is 0 Å². The highest BCUT2D eigenvalue weighted by atomic mass is 79.9. The third-order valence-corrected chi connectivity index (χ3v) is 6.85. The van der Waals surface area contributed by atoms with Crippen LogP contribution in [0.25, 0.3) is 0 Å². The van der Waals surface area contributed by atoms with Crippen LogP contribution < -0.4 is 4.90 Å². The Labute approximate surface area is 118 Å². The summed E-state index contributed by atoms with van der Waals surface area (Å²) in [6, 6.07) is 7.54. The van der Waals surface area contributed by atoms with Gasteiger partial charge in [-0.15, -0.1) is 0 Å². The Hall–Kier alpha value is -0.530. The molecular formula is C11H11BrN2O2S2. The van der Waals surface area contributed by atoms with Gasteiger partial charge in [0.2, 0.25) is 0 Å². The van der Waals surface area contributed by atoms with E-state index < -0.39 is 9.84 Å². The SMILES string of the molecule is N=C1S[C@H]2CS(=O)(=O)C[C@H]2N1c1ccc(Br)cc1. The van der Waals surface area contributed by atoms with Gasteiger partial charge in [-0.05, 0) is 24.3 Å². The molecule has 2 saturated heterocycles. The molecule has 0 saturated carbocycles. The van der Waals surface area contributed by atoms with Gasteiger partial charge in [-0.1, -0.05) is 27.7 Å². The molecule has 0 amide bonds. The lowest BCUT2D eigenvalue weighted by Crippen LogP contribution is -2.37. The molecule has 0 aromatic heterocycles. The van der Waals surface area contributed by atoms with Crippen LogP contribution in [-0.2, 0) is 9.84 Å². The average molecular weight is 347 g/mol. The Morgan fingerprint density at radius 2 is 1.94 bits per heavy atom. The van der Waals surface area contributed by atoms with Gasteiger partial charge >= 0.3 is 0 Å². The summed E-state index contributed by atoms with van der Waals surface area (Å²) < 4.78 is 24.3. The molecular weight excluding hydrogens is 336 g/mol. The first-order chi connectivity index (χ1) is 8.46. The molecule has 96 valence electrons. The molecule has 7 heteroatoms. The normalized spacial score (nSPS) is 29.6. The Morgan fingerprint density at radius 1 is 1.28 bits per heavy atom. The van der Waals surface area contributed by atoms with Crippen molar-refractivity contribution < 1.29 is 8.42 Å². The van der Waals surface area contributed by atoms with Gasteiger partial charge in [0.25, 0.3) is 0 Å². The van der Waals surface area contributed by atoms with Crippen molar-refractivity contribution in [1.29, 1.82) is 5.41 Å². The van der Waals surface area contributed by atoms with Gasteiger partial charge in [0.1, 0.15) is 0 Å². The first-order valence-corrected chi connectivity index (χ1v) is 8.96. The molecule has 2 fully saturated rings. The van der Waals surface area contributed by atoms with Crippen molar-refractivity contribution >= 4 is 48.4 Å². The maximum atomic E-state index is 11.7. The summed E-state index contributed by atoms with van der Waals surface area (Å²) in [5.41, 5.74) is 0.889. The number of anilines is 1. The van der Waals surface area contributed by atoms with Crippen LogP contribution in [0.15, 0.2) is 28.7 Å². The van der Waals surface area contributed by atoms with E-state index in [1.54, 1.807) is 0 Å². The largest absolute Gasteiger partial charge is 0.316 e. The van der Waals surface area contributed by atoms with Gasteiger partial charge in [-0.25, -0.2) is 8.42 Å². The molecule has 2 aliphatic rings. The van der Waals surface area contributed by atoms with E-state index in [2.05, 4.69) is 15.9 Å². The summed E-state index contributed by atoms with van der Waals surface area (Å²) >= 11 is 4.73. The maximum Gasteiger partial charge on any atom is 0.161 e. The van der Waals surface area contributed by atoms with E-state index in [9.17, 15) is 8.42 Å². The lowest BCUT2D eigenvalue weighted by atomic mass is 10.2. The van der Waals surface area contributed by atoms with E-state index in [0.717, 1.165) is 10.2 Å². The second-order valence-corrected chi connectivity index (χ2v) is 8.75. The molecule has 0 aliphatic carbocycles. The fourth-order valence-corrected chi connectivity index (χ4v) is 6.47. The molecule has 1 aromatic rings. The van der Waals surface area contributed by atoms with Crippen molar-refractivity contribution in [3.63, 3.8) is 0 Å². The first kappa shape index (κ1) is 12.5. The molecule has 0 radical (unpaired) electrons. The van der Waals surface area contributed by atoms with Crippen molar-refractivity contribution in [2.24, 2.45) is 0 Å². The zero-order valence-electron chi connectivity index (χ0n) is 9.34. The zero-order chi connectivity index (χ0) is 12.9. The highest BCUT2D eigenvalue weighted by molar-refractivity contribution is 9.10. The van der Waals surface area contributed by atoms with Crippen molar-refractivity contribution in [1.82, 2.24) is 0 Å². The molecule has 0 spiro atoms. The number of hydrogen-bond acceptors (Lipinski definition) is 4. The van der Waals surface area contributed by atoms with E-state index in [1.165, 1.54) is 11.8 Å². The van der Waals surface area contributed by atoms with Crippen LogP contribution in [-0.4, -0.2) is 36.4 Å². The maximum absolute atomic E-state index is 11.7. The quantitative estimate of drug-likeness (QED) is 0.845. The molecule has 1 aromatic carbocycles. The van der Waals surface area contributed by atoms with Crippen molar-refractivity contribution in [2.45, 2.75) is 11.3 Å². The number of nitrogens with one attached hydrogen (secondary N) is 1. The minimum atomic E-state index is -2.95. The van der Waals surface area contributed by atoms with Crippen LogP contribution in [0.3, 0.4) is 0 Å². The lowest BCUT2D eigenvalue weighted by molar-refractivity contribution is 0.601. The van der Waals surface area contributed by atoms with E-state index in [1.807, 2.05) is 29.2 Å². The monoisotopic (exact) mass is 346 g/mol. The van der Waals surface area contributed by atoms with Crippen LogP contribution in [0.1, 0.15) is 0 Å². The number of hydrogen-bond donors (Lipinski definition) is 1. The summed E-state index contributed by atoms with van der Waals surface area (Å²) in [4.78, 5) is 1.84. The smallest absolute Gasteiger partial charge is 0.161 e. The number of amidine groups is 1. The Balaban J connectivity index is 1.96. The molecule has 2 heterocycles. The minimum Gasteiger partial charge on any atom is -0.316 e. The van der Waals surface area contributed by atoms with Crippen molar-refractivity contribution in [2.75, 3.05) is 16.4 Å². The number of fused-ring (bicyclic) bond motifs is 1. The average Bonchev–Trinajstić information content (AvgIpc) is 2.70. The third-order valence-electron chi connectivity index (χ3n) is 3.19. The Morgan fingerprint density at radius 3 is 2.61 bits per heavy atom. The highest BCUT2D eigenvalue weighted by Crippen LogP contribution is 2.40. The topological polar surface area (TPSA) is 61.2 Å². The number of sulfone groups is 1. The number of halogens is 1. The summed E-state index contributed by atoms with van der Waals surface area (Å²) in [6.07, 6.45) is 0. The van der Waals surface area contributed by atoms with E-state index >= 15 is 0 Å². The molecule has 2 atom stereocenters. The second-order valence-electron chi connectivity index (χ2n) is 4.45. The number of rotatable bonds is 1. The van der Waals surface area contributed by atoms with Gasteiger partial charge in [-0.2, -0.15) is 0 Å². The molecule has 4 nitrogen and oxygen atoms in total. The van der Waals surface area contributed by atoms with Crippen LogP contribution in [0.2, 0.25) is 0 Å². The van der Waals surface area contributed by atoms with Crippen LogP contribution in [0, 0.1) is 5.41 Å². The standard InChI is InChI=1S/C11H11BrN2O2S2/c12-7-1-3-8(4-2-7)14-9-5-18(15,16)6-10(9)17-11(14)13/h1-4,9-10,13H,5-6H2/t9-,10+/m1/s1. The van der Waals surface area contributed by atoms with Gasteiger partial charge in [0.15, 0.2) is 15.0 Å². The molecule has 2 aliphatic heterocycles. The van der Waals surface area contributed by atoms with E-state index in [-0.39, 0.29) is 22.8 Å². The van der Waals surface area contributed by atoms with Gasteiger partial charge in [0.05, 0.1) is 17.5 Å². The summed E-state index contributed by atoms with van der Waals surface area (Å²) in [6.45, 7) is 0. The molecule has 3 rings (SSSR count). The third kappa shape index (κ3) is 2.08. The van der Waals surface area contributed by atoms with Gasteiger partial charge in [-0.3, -0.25) is 5.41 Å². The number of nitrogens with zero attached hydrogens (tertiary/aromatic N) is 1. The van der Waals surface area contributed by atoms with E-state index in [4.69, 9.17) is 5.41 Å². The molecule has 1 N–H and O–H groups in total. The second kappa shape index (κ2) is 4.25. The summed E-state index contributed by atoms with van der Waals surface area (Å²) in [7, 11) is -2.95. The van der Waals surface area contributed by atoms with Crippen LogP contribution in [0.5, 0.6) is 0 Å². The Bertz CT molecular complexity index is 600. The van der Waals surface area contributed by atoms with Gasteiger partial charge in [0, 0.05) is 15.4 Å². The fourth-order valence-electron chi connectivity index (χ4n) is 2.41.